The fraction of sp³-hybridized carbons (Fsp3) is 0.364. The average molecular weight is 423 g/mol. The van der Waals surface area contributed by atoms with Crippen LogP contribution in [0.5, 0.6) is 11.6 Å². The number of rotatable bonds is 7. The number of pyridine rings is 2. The van der Waals surface area contributed by atoms with Gasteiger partial charge in [0.2, 0.25) is 0 Å². The minimum Gasteiger partial charge on any atom is -0.491 e. The zero-order valence-electron chi connectivity index (χ0n) is 18.2. The molecule has 3 aromatic rings. The van der Waals surface area contributed by atoms with Crippen molar-refractivity contribution in [3.8, 4) is 22.9 Å². The summed E-state index contributed by atoms with van der Waals surface area (Å²) in [4.78, 5) is 24.0. The summed E-state index contributed by atoms with van der Waals surface area (Å²) in [6.45, 7) is 4.71. The van der Waals surface area contributed by atoms with Gasteiger partial charge in [0, 0.05) is 38.2 Å². The van der Waals surface area contributed by atoms with E-state index in [2.05, 4.69) is 10.1 Å². The Morgan fingerprint density at radius 2 is 2.00 bits per heavy atom. The lowest BCUT2D eigenvalue weighted by atomic mass is 10.0. The first-order valence-corrected chi connectivity index (χ1v) is 9.95. The highest BCUT2D eigenvalue weighted by atomic mass is 16.5. The van der Waals surface area contributed by atoms with Crippen LogP contribution in [0.25, 0.3) is 11.3 Å². The summed E-state index contributed by atoms with van der Waals surface area (Å²) < 4.78 is 17.7. The molecule has 31 heavy (non-hydrogen) atoms. The first-order chi connectivity index (χ1) is 14.9. The van der Waals surface area contributed by atoms with Crippen molar-refractivity contribution in [2.45, 2.75) is 19.9 Å². The monoisotopic (exact) mass is 423 g/mol. The fourth-order valence-corrected chi connectivity index (χ4v) is 3.73. The molecule has 0 bridgehead atoms. The maximum atomic E-state index is 13.1. The molecule has 1 amide bonds. The first-order valence-electron chi connectivity index (χ1n) is 9.95. The third-order valence-electron chi connectivity index (χ3n) is 5.27. The van der Waals surface area contributed by atoms with Crippen molar-refractivity contribution in [2.24, 2.45) is 7.05 Å². The molecule has 0 fully saturated rings. The van der Waals surface area contributed by atoms with Crippen LogP contribution in [0.3, 0.4) is 0 Å². The number of ether oxygens (including phenoxy) is 3. The number of aryl methyl sites for hydroxylation is 2. The summed E-state index contributed by atoms with van der Waals surface area (Å²) in [6.07, 6.45) is 3.51. The highest BCUT2D eigenvalue weighted by Crippen LogP contribution is 2.39. The van der Waals surface area contributed by atoms with E-state index in [9.17, 15) is 4.79 Å². The predicted molar refractivity (Wildman–Crippen MR) is 115 cm³/mol. The van der Waals surface area contributed by atoms with Gasteiger partial charge in [0.25, 0.3) is 11.8 Å². The van der Waals surface area contributed by atoms with Crippen LogP contribution < -0.4 is 14.4 Å². The summed E-state index contributed by atoms with van der Waals surface area (Å²) >= 11 is 0. The number of fused-ring (bicyclic) bond motifs is 1. The number of nitrogens with zero attached hydrogens (tertiary/aromatic N) is 5. The molecule has 1 aliphatic heterocycles. The van der Waals surface area contributed by atoms with Crippen molar-refractivity contribution < 1.29 is 19.0 Å². The molecule has 0 aromatic carbocycles. The van der Waals surface area contributed by atoms with Crippen molar-refractivity contribution in [3.05, 3.63) is 47.4 Å². The molecular formula is C22H25N5O4. The highest BCUT2D eigenvalue weighted by molar-refractivity contribution is 6.11. The molecule has 0 spiro atoms. The van der Waals surface area contributed by atoms with Crippen LogP contribution in [0.1, 0.15) is 34.6 Å². The number of methoxy groups -OCH3 is 2. The van der Waals surface area contributed by atoms with E-state index in [1.165, 1.54) is 0 Å². The van der Waals surface area contributed by atoms with Crippen molar-refractivity contribution >= 4 is 11.7 Å². The molecule has 9 nitrogen and oxygen atoms in total. The molecule has 0 aliphatic carbocycles. The van der Waals surface area contributed by atoms with Gasteiger partial charge in [-0.15, -0.1) is 0 Å². The second-order valence-corrected chi connectivity index (χ2v) is 7.36. The smallest absolute Gasteiger partial charge is 0.262 e. The molecule has 0 radical (unpaired) electrons. The summed E-state index contributed by atoms with van der Waals surface area (Å²) in [5.74, 6) is 1.43. The minimum absolute atomic E-state index is 0.0876. The number of amides is 1. The maximum Gasteiger partial charge on any atom is 0.262 e. The lowest BCUT2D eigenvalue weighted by Crippen LogP contribution is -2.27. The lowest BCUT2D eigenvalue weighted by Gasteiger charge is -2.18. The van der Waals surface area contributed by atoms with Gasteiger partial charge in [0.15, 0.2) is 11.6 Å². The van der Waals surface area contributed by atoms with Crippen LogP contribution in [0.4, 0.5) is 5.82 Å². The third kappa shape index (κ3) is 3.72. The topological polar surface area (TPSA) is 91.6 Å². The quantitative estimate of drug-likeness (QED) is 0.540. The number of carbonyl (C=O) groups excluding carboxylic acids is 1. The molecule has 0 N–H and O–H groups in total. The molecule has 4 heterocycles. The molecule has 162 valence electrons. The van der Waals surface area contributed by atoms with Gasteiger partial charge in [-0.1, -0.05) is 0 Å². The van der Waals surface area contributed by atoms with Crippen LogP contribution in [0.2, 0.25) is 0 Å². The van der Waals surface area contributed by atoms with E-state index in [4.69, 9.17) is 19.2 Å². The zero-order valence-corrected chi connectivity index (χ0v) is 18.2. The molecule has 3 aromatic heterocycles. The summed E-state index contributed by atoms with van der Waals surface area (Å²) in [7, 11) is 5.00. The highest BCUT2D eigenvalue weighted by Gasteiger charge is 2.39. The molecule has 4 rings (SSSR count). The van der Waals surface area contributed by atoms with Gasteiger partial charge in [0.1, 0.15) is 6.61 Å². The number of aromatic nitrogens is 4. The summed E-state index contributed by atoms with van der Waals surface area (Å²) in [5.41, 5.74) is 3.70. The molecule has 9 heteroatoms. The summed E-state index contributed by atoms with van der Waals surface area (Å²) in [5, 5.41) is 4.39. The van der Waals surface area contributed by atoms with Gasteiger partial charge in [-0.2, -0.15) is 5.10 Å². The Morgan fingerprint density at radius 3 is 2.68 bits per heavy atom. The van der Waals surface area contributed by atoms with E-state index < -0.39 is 0 Å². The predicted octanol–water partition coefficient (Wildman–Crippen LogP) is 2.94. The van der Waals surface area contributed by atoms with Crippen molar-refractivity contribution in [1.29, 1.82) is 0 Å². The first kappa shape index (κ1) is 20.8. The Bertz CT molecular complexity index is 1130. The van der Waals surface area contributed by atoms with Crippen molar-refractivity contribution in [3.63, 3.8) is 0 Å². The largest absolute Gasteiger partial charge is 0.491 e. The van der Waals surface area contributed by atoms with Crippen molar-refractivity contribution in [1.82, 2.24) is 19.7 Å². The van der Waals surface area contributed by atoms with E-state index in [1.54, 1.807) is 30.0 Å². The second-order valence-electron chi connectivity index (χ2n) is 7.36. The molecular weight excluding hydrogens is 398 g/mol. The zero-order chi connectivity index (χ0) is 22.1. The van der Waals surface area contributed by atoms with Gasteiger partial charge >= 0.3 is 0 Å². The van der Waals surface area contributed by atoms with E-state index in [0.717, 1.165) is 16.8 Å². The Hall–Kier alpha value is -3.46. The van der Waals surface area contributed by atoms with E-state index in [0.29, 0.717) is 41.9 Å². The molecule has 0 unspecified atom stereocenters. The van der Waals surface area contributed by atoms with Crippen molar-refractivity contribution in [2.75, 3.05) is 32.3 Å². The van der Waals surface area contributed by atoms with Gasteiger partial charge in [-0.25, -0.2) is 9.97 Å². The number of hydrogen-bond acceptors (Lipinski definition) is 7. The Kier molecular flexibility index (Phi) is 5.60. The van der Waals surface area contributed by atoms with Gasteiger partial charge in [-0.3, -0.25) is 14.4 Å². The van der Waals surface area contributed by atoms with Gasteiger partial charge in [-0.05, 0) is 31.5 Å². The standard InChI is InChI=1S/C22H25N5O4/c1-13-10-16(15-11-17(30-5)21(23-12-15)31-9-8-29-4)24-20-14(2)27(22(28)19(13)20)18-6-7-26(3)25-18/h6-7,10-12,14H,8-9H2,1-5H3/t14-/m0/s1. The Balaban J connectivity index is 1.70. The van der Waals surface area contributed by atoms with Crippen LogP contribution in [-0.2, 0) is 11.8 Å². The van der Waals surface area contributed by atoms with Crippen LogP contribution >= 0.6 is 0 Å². The third-order valence-corrected chi connectivity index (χ3v) is 5.27. The minimum atomic E-state index is -0.234. The van der Waals surface area contributed by atoms with E-state index in [1.807, 2.05) is 45.3 Å². The normalized spacial score (nSPS) is 15.3. The Labute approximate surface area is 180 Å². The fourth-order valence-electron chi connectivity index (χ4n) is 3.73. The maximum absolute atomic E-state index is 13.1. The second kappa shape index (κ2) is 8.35. The van der Waals surface area contributed by atoms with Crippen LogP contribution in [0.15, 0.2) is 30.6 Å². The molecule has 1 aliphatic rings. The summed E-state index contributed by atoms with van der Waals surface area (Å²) in [6, 6.07) is 5.32. The number of anilines is 1. The molecule has 0 saturated heterocycles. The SMILES string of the molecule is COCCOc1ncc(-c2cc(C)c3c(n2)[C@H](C)N(c2ccn(C)n2)C3=O)cc1OC. The number of carbonyl (C=O) groups is 1. The lowest BCUT2D eigenvalue weighted by molar-refractivity contribution is 0.0991. The van der Waals surface area contributed by atoms with Gasteiger partial charge in [0.05, 0.1) is 36.7 Å². The molecule has 1 atom stereocenters. The van der Waals surface area contributed by atoms with Gasteiger partial charge < -0.3 is 14.2 Å². The number of hydrogen-bond donors (Lipinski definition) is 0. The molecule has 0 saturated carbocycles. The van der Waals surface area contributed by atoms with E-state index >= 15 is 0 Å². The van der Waals surface area contributed by atoms with Crippen LogP contribution in [-0.4, -0.2) is 53.1 Å². The van der Waals surface area contributed by atoms with Crippen LogP contribution in [0, 0.1) is 6.92 Å². The Morgan fingerprint density at radius 1 is 1.19 bits per heavy atom. The average Bonchev–Trinajstić information content (AvgIpc) is 3.29. The van der Waals surface area contributed by atoms with E-state index in [-0.39, 0.29) is 11.9 Å².